The van der Waals surface area contributed by atoms with E-state index in [0.717, 1.165) is 17.3 Å². The topological polar surface area (TPSA) is 42.3 Å². The second-order valence-corrected chi connectivity index (χ2v) is 6.55. The highest BCUT2D eigenvalue weighted by Gasteiger charge is 2.54. The summed E-state index contributed by atoms with van der Waals surface area (Å²) in [5, 5.41) is 0.934. The third kappa shape index (κ3) is 2.66. The van der Waals surface area contributed by atoms with E-state index in [2.05, 4.69) is 5.92 Å². The van der Waals surface area contributed by atoms with Gasteiger partial charge in [-0.05, 0) is 42.3 Å². The van der Waals surface area contributed by atoms with Crippen LogP contribution in [0.1, 0.15) is 24.8 Å². The van der Waals surface area contributed by atoms with Crippen LogP contribution in [0.5, 0.6) is 0 Å². The summed E-state index contributed by atoms with van der Waals surface area (Å²) in [7, 11) is 0. The van der Waals surface area contributed by atoms with E-state index in [4.69, 9.17) is 6.42 Å². The summed E-state index contributed by atoms with van der Waals surface area (Å²) in [6, 6.07) is 13.0. The molecular formula is C18H16N2O2S. The molecule has 5 heteroatoms. The van der Waals surface area contributed by atoms with Crippen LogP contribution in [0.25, 0.3) is 0 Å². The van der Waals surface area contributed by atoms with Gasteiger partial charge in [0.1, 0.15) is 4.75 Å². The van der Waals surface area contributed by atoms with Gasteiger partial charge in [-0.3, -0.25) is 14.3 Å². The summed E-state index contributed by atoms with van der Waals surface area (Å²) in [5.74, 6) is 2.39. The first kappa shape index (κ1) is 15.4. The number of hydrogen-bond donors (Lipinski definition) is 0. The predicted molar refractivity (Wildman–Crippen MR) is 91.4 cm³/mol. The minimum atomic E-state index is -0.903. The van der Waals surface area contributed by atoms with Gasteiger partial charge in [0.15, 0.2) is 0 Å². The van der Waals surface area contributed by atoms with Crippen molar-refractivity contribution in [1.82, 2.24) is 4.68 Å². The molecule has 1 aromatic heterocycles. The van der Waals surface area contributed by atoms with Gasteiger partial charge in [-0.2, -0.15) is 5.01 Å². The number of aromatic nitrogens is 1. The first-order chi connectivity index (χ1) is 11.2. The summed E-state index contributed by atoms with van der Waals surface area (Å²) in [6.45, 7) is 0. The maximum absolute atomic E-state index is 13.1. The first-order valence-corrected chi connectivity index (χ1v) is 8.20. The number of imide groups is 1. The van der Waals surface area contributed by atoms with Crippen LogP contribution in [0, 0.1) is 12.3 Å². The molecule has 1 aromatic carbocycles. The number of benzene rings is 1. The van der Waals surface area contributed by atoms with Crippen molar-refractivity contribution in [2.24, 2.45) is 0 Å². The van der Waals surface area contributed by atoms with Crippen LogP contribution in [-0.2, 0) is 9.54 Å². The Morgan fingerprint density at radius 2 is 1.78 bits per heavy atom. The molecule has 0 bridgehead atoms. The largest absolute Gasteiger partial charge is 0.309 e. The normalized spacial score (nSPS) is 20.7. The minimum Gasteiger partial charge on any atom is -0.270 e. The molecule has 2 aromatic rings. The van der Waals surface area contributed by atoms with Crippen molar-refractivity contribution in [3.8, 4) is 12.3 Å². The molecule has 2 heterocycles. The maximum atomic E-state index is 13.1. The number of carbonyl (C=O) groups is 2. The van der Waals surface area contributed by atoms with Gasteiger partial charge in [-0.25, -0.2) is 0 Å². The van der Waals surface area contributed by atoms with Crippen molar-refractivity contribution in [2.45, 2.75) is 24.0 Å². The molecule has 1 aliphatic heterocycles. The van der Waals surface area contributed by atoms with Crippen molar-refractivity contribution in [2.75, 3.05) is 5.01 Å². The van der Waals surface area contributed by atoms with Gasteiger partial charge in [0.05, 0.1) is 0 Å². The quantitative estimate of drug-likeness (QED) is 0.624. The van der Waals surface area contributed by atoms with E-state index in [-0.39, 0.29) is 11.1 Å². The monoisotopic (exact) mass is 324 g/mol. The molecule has 2 amide bonds. The van der Waals surface area contributed by atoms with Crippen molar-refractivity contribution in [3.05, 3.63) is 60.4 Å². The highest BCUT2D eigenvalue weighted by molar-refractivity contribution is 8.16. The van der Waals surface area contributed by atoms with Gasteiger partial charge >= 0.3 is 5.24 Å². The highest BCUT2D eigenvalue weighted by Crippen LogP contribution is 2.48. The zero-order valence-electron chi connectivity index (χ0n) is 12.5. The second-order valence-electron chi connectivity index (χ2n) is 5.30. The van der Waals surface area contributed by atoms with E-state index in [1.807, 2.05) is 30.3 Å². The second kappa shape index (κ2) is 6.35. The fraction of sp³-hybridized carbons (Fsp3) is 0.222. The Bertz CT molecular complexity index is 749. The lowest BCUT2D eigenvalue weighted by Gasteiger charge is -2.26. The fourth-order valence-electron chi connectivity index (χ4n) is 2.78. The average Bonchev–Trinajstić information content (AvgIpc) is 3.16. The van der Waals surface area contributed by atoms with E-state index < -0.39 is 4.75 Å². The SMILES string of the molecule is C#CCCCC1(c2ccccc2)SC(=O)N(n2cccc2)C1=O. The number of rotatable bonds is 5. The maximum Gasteiger partial charge on any atom is 0.309 e. The Morgan fingerprint density at radius 3 is 2.43 bits per heavy atom. The van der Waals surface area contributed by atoms with Crippen LogP contribution in [0.3, 0.4) is 0 Å². The Morgan fingerprint density at radius 1 is 1.09 bits per heavy atom. The molecule has 0 saturated carbocycles. The molecule has 23 heavy (non-hydrogen) atoms. The Hall–Kier alpha value is -2.45. The number of amides is 2. The van der Waals surface area contributed by atoms with Crippen molar-refractivity contribution >= 4 is 22.9 Å². The van der Waals surface area contributed by atoms with Gasteiger partial charge < -0.3 is 0 Å². The molecule has 1 atom stereocenters. The van der Waals surface area contributed by atoms with Crippen LogP contribution < -0.4 is 5.01 Å². The van der Waals surface area contributed by atoms with Gasteiger partial charge in [0.2, 0.25) is 0 Å². The van der Waals surface area contributed by atoms with Crippen LogP contribution in [0.15, 0.2) is 54.9 Å². The van der Waals surface area contributed by atoms with Gasteiger partial charge in [-0.1, -0.05) is 30.3 Å². The van der Waals surface area contributed by atoms with E-state index in [1.54, 1.807) is 24.5 Å². The molecule has 0 N–H and O–H groups in total. The van der Waals surface area contributed by atoms with Crippen LogP contribution >= 0.6 is 11.8 Å². The number of hydrogen-bond acceptors (Lipinski definition) is 3. The average molecular weight is 324 g/mol. The molecule has 0 radical (unpaired) electrons. The lowest BCUT2D eigenvalue weighted by Crippen LogP contribution is -2.43. The molecule has 116 valence electrons. The van der Waals surface area contributed by atoms with Gasteiger partial charge in [-0.15, -0.1) is 12.3 Å². The summed E-state index contributed by atoms with van der Waals surface area (Å²) in [5.41, 5.74) is 0.843. The van der Waals surface area contributed by atoms with Crippen LogP contribution in [0.2, 0.25) is 0 Å². The number of terminal acetylenes is 1. The van der Waals surface area contributed by atoms with Crippen molar-refractivity contribution < 1.29 is 9.59 Å². The summed E-state index contributed by atoms with van der Waals surface area (Å²) in [6.07, 6.45) is 10.5. The summed E-state index contributed by atoms with van der Waals surface area (Å²) < 4.78 is 0.628. The highest BCUT2D eigenvalue weighted by atomic mass is 32.2. The lowest BCUT2D eigenvalue weighted by atomic mass is 9.91. The Balaban J connectivity index is 2.01. The minimum absolute atomic E-state index is 0.216. The molecule has 1 fully saturated rings. The molecule has 1 saturated heterocycles. The zero-order chi connectivity index (χ0) is 16.3. The molecule has 0 aliphatic carbocycles. The summed E-state index contributed by atoms with van der Waals surface area (Å²) >= 11 is 1.08. The predicted octanol–water partition coefficient (Wildman–Crippen LogP) is 3.52. The lowest BCUT2D eigenvalue weighted by molar-refractivity contribution is -0.121. The number of carbonyl (C=O) groups excluding carboxylic acids is 2. The standard InChI is InChI=1S/C18H16N2O2S/c1-2-3-7-12-18(15-10-5-4-6-11-15)16(21)20(17(22)23-18)19-13-8-9-14-19/h1,4-6,8-11,13-14H,3,7,12H2. The first-order valence-electron chi connectivity index (χ1n) is 7.39. The number of unbranched alkanes of at least 4 members (excludes halogenated alkanes) is 1. The van der Waals surface area contributed by atoms with E-state index in [0.29, 0.717) is 19.3 Å². The molecular weight excluding hydrogens is 308 g/mol. The molecule has 1 unspecified atom stereocenters. The molecule has 0 spiro atoms. The van der Waals surface area contributed by atoms with Crippen LogP contribution in [0.4, 0.5) is 4.79 Å². The van der Waals surface area contributed by atoms with E-state index >= 15 is 0 Å². The Labute approximate surface area is 139 Å². The number of nitrogens with zero attached hydrogens (tertiary/aromatic N) is 2. The Kier molecular flexibility index (Phi) is 4.26. The molecule has 4 nitrogen and oxygen atoms in total. The third-order valence-corrected chi connectivity index (χ3v) is 5.19. The van der Waals surface area contributed by atoms with E-state index in [9.17, 15) is 9.59 Å². The van der Waals surface area contributed by atoms with Gasteiger partial charge in [0, 0.05) is 18.8 Å². The van der Waals surface area contributed by atoms with Crippen LogP contribution in [-0.4, -0.2) is 15.8 Å². The molecule has 3 rings (SSSR count). The summed E-state index contributed by atoms with van der Waals surface area (Å²) in [4.78, 5) is 25.7. The van der Waals surface area contributed by atoms with Crippen molar-refractivity contribution in [3.63, 3.8) is 0 Å². The van der Waals surface area contributed by atoms with Crippen molar-refractivity contribution in [1.29, 1.82) is 0 Å². The number of thioether (sulfide) groups is 1. The van der Waals surface area contributed by atoms with E-state index in [1.165, 1.54) is 9.69 Å². The molecule has 1 aliphatic rings. The zero-order valence-corrected chi connectivity index (χ0v) is 13.3. The smallest absolute Gasteiger partial charge is 0.270 e. The third-order valence-electron chi connectivity index (χ3n) is 3.88. The fourth-order valence-corrected chi connectivity index (χ4v) is 4.02. The van der Waals surface area contributed by atoms with Gasteiger partial charge in [0.25, 0.3) is 5.91 Å².